The largest absolute Gasteiger partial charge is 0.491 e. The van der Waals surface area contributed by atoms with E-state index in [0.29, 0.717) is 13.0 Å². The monoisotopic (exact) mass is 292 g/mol. The van der Waals surface area contributed by atoms with Crippen LogP contribution in [0.3, 0.4) is 0 Å². The Kier molecular flexibility index (Phi) is 6.64. The van der Waals surface area contributed by atoms with Crippen molar-refractivity contribution < 1.29 is 9.13 Å². The number of hydrogen-bond acceptors (Lipinski definition) is 3. The van der Waals surface area contributed by atoms with E-state index in [0.717, 1.165) is 24.8 Å². The van der Waals surface area contributed by atoms with Crippen LogP contribution in [-0.2, 0) is 6.42 Å². The molecule has 1 atom stereocenters. The van der Waals surface area contributed by atoms with Crippen LogP contribution in [0.2, 0.25) is 0 Å². The zero-order valence-electron chi connectivity index (χ0n) is 13.2. The van der Waals surface area contributed by atoms with E-state index in [4.69, 9.17) is 15.7 Å². The molecule has 1 aromatic carbocycles. The number of nitriles is 1. The van der Waals surface area contributed by atoms with Gasteiger partial charge in [0.25, 0.3) is 0 Å². The van der Waals surface area contributed by atoms with Crippen LogP contribution in [0.15, 0.2) is 18.2 Å². The highest BCUT2D eigenvalue weighted by Crippen LogP contribution is 2.23. The van der Waals surface area contributed by atoms with E-state index in [1.165, 1.54) is 6.07 Å². The van der Waals surface area contributed by atoms with Crippen molar-refractivity contribution in [3.05, 3.63) is 29.6 Å². The fourth-order valence-corrected chi connectivity index (χ4v) is 1.99. The summed E-state index contributed by atoms with van der Waals surface area (Å²) >= 11 is 0. The Morgan fingerprint density at radius 1 is 1.43 bits per heavy atom. The molecule has 2 N–H and O–H groups in total. The molecule has 0 aliphatic rings. The molecule has 0 spiro atoms. The van der Waals surface area contributed by atoms with E-state index in [9.17, 15) is 4.39 Å². The van der Waals surface area contributed by atoms with E-state index >= 15 is 0 Å². The Balaban J connectivity index is 2.48. The molecule has 0 radical (unpaired) electrons. The zero-order valence-corrected chi connectivity index (χ0v) is 13.2. The molecule has 1 aromatic rings. The first-order valence-electron chi connectivity index (χ1n) is 7.46. The molecule has 1 unspecified atom stereocenters. The molecule has 0 aliphatic heterocycles. The fourth-order valence-electron chi connectivity index (χ4n) is 1.99. The lowest BCUT2D eigenvalue weighted by Gasteiger charge is -2.15. The van der Waals surface area contributed by atoms with Crippen LogP contribution in [0.1, 0.15) is 45.6 Å². The molecule has 0 aliphatic carbocycles. The second-order valence-electron chi connectivity index (χ2n) is 6.08. The molecular formula is C17H25FN2O. The highest BCUT2D eigenvalue weighted by Gasteiger charge is 2.16. The maximum absolute atomic E-state index is 13.9. The maximum Gasteiger partial charge on any atom is 0.165 e. The van der Waals surface area contributed by atoms with Crippen molar-refractivity contribution in [3.63, 3.8) is 0 Å². The third kappa shape index (κ3) is 6.14. The van der Waals surface area contributed by atoms with Crippen molar-refractivity contribution in [1.29, 1.82) is 5.26 Å². The van der Waals surface area contributed by atoms with Crippen LogP contribution >= 0.6 is 0 Å². The van der Waals surface area contributed by atoms with Gasteiger partial charge in [-0.3, -0.25) is 0 Å². The molecule has 1 rings (SSSR count). The predicted molar refractivity (Wildman–Crippen MR) is 82.5 cm³/mol. The standard InChI is InChI=1S/C17H25FN2O/c1-4-14(20)10-13-6-7-16(15(18)11-13)21-9-5-8-17(2,3)12-19/h6-7,11,14H,4-5,8-10,20H2,1-3H3. The Morgan fingerprint density at radius 3 is 2.71 bits per heavy atom. The van der Waals surface area contributed by atoms with Crippen molar-refractivity contribution in [1.82, 2.24) is 0 Å². The molecule has 0 aromatic heterocycles. The van der Waals surface area contributed by atoms with Gasteiger partial charge in [0.1, 0.15) is 0 Å². The summed E-state index contributed by atoms with van der Waals surface area (Å²) in [7, 11) is 0. The summed E-state index contributed by atoms with van der Waals surface area (Å²) in [5, 5.41) is 8.92. The summed E-state index contributed by atoms with van der Waals surface area (Å²) in [4.78, 5) is 0. The van der Waals surface area contributed by atoms with Gasteiger partial charge in [-0.05, 0) is 57.2 Å². The lowest BCUT2D eigenvalue weighted by Crippen LogP contribution is -2.21. The van der Waals surface area contributed by atoms with Crippen molar-refractivity contribution in [2.75, 3.05) is 6.61 Å². The number of hydrogen-bond donors (Lipinski definition) is 1. The molecule has 0 bridgehead atoms. The zero-order chi connectivity index (χ0) is 15.9. The number of nitrogens with zero attached hydrogens (tertiary/aromatic N) is 1. The number of nitrogens with two attached hydrogens (primary N) is 1. The third-order valence-corrected chi connectivity index (χ3v) is 3.52. The topological polar surface area (TPSA) is 59.0 Å². The van der Waals surface area contributed by atoms with Gasteiger partial charge >= 0.3 is 0 Å². The highest BCUT2D eigenvalue weighted by molar-refractivity contribution is 5.29. The molecule has 3 nitrogen and oxygen atoms in total. The van der Waals surface area contributed by atoms with Crippen LogP contribution in [0.25, 0.3) is 0 Å². The summed E-state index contributed by atoms with van der Waals surface area (Å²) in [6.07, 6.45) is 3.00. The van der Waals surface area contributed by atoms with Gasteiger partial charge < -0.3 is 10.5 Å². The van der Waals surface area contributed by atoms with E-state index in [2.05, 4.69) is 6.07 Å². The minimum Gasteiger partial charge on any atom is -0.491 e. The van der Waals surface area contributed by atoms with Gasteiger partial charge in [-0.15, -0.1) is 0 Å². The van der Waals surface area contributed by atoms with Crippen LogP contribution in [0.4, 0.5) is 4.39 Å². The average Bonchev–Trinajstić information content (AvgIpc) is 2.45. The van der Waals surface area contributed by atoms with Crippen LogP contribution < -0.4 is 10.5 Å². The summed E-state index contributed by atoms with van der Waals surface area (Å²) in [6, 6.07) is 7.30. The molecular weight excluding hydrogens is 267 g/mol. The van der Waals surface area contributed by atoms with Gasteiger partial charge in [0.05, 0.1) is 18.1 Å². The van der Waals surface area contributed by atoms with E-state index < -0.39 is 0 Å². The first-order valence-corrected chi connectivity index (χ1v) is 7.46. The molecule has 0 heterocycles. The highest BCUT2D eigenvalue weighted by atomic mass is 19.1. The predicted octanol–water partition coefficient (Wildman–Crippen LogP) is 3.81. The quantitative estimate of drug-likeness (QED) is 0.741. The normalized spacial score (nSPS) is 12.8. The Labute approximate surface area is 126 Å². The van der Waals surface area contributed by atoms with E-state index in [-0.39, 0.29) is 23.0 Å². The van der Waals surface area contributed by atoms with Gasteiger partial charge in [0.2, 0.25) is 0 Å². The lowest BCUT2D eigenvalue weighted by molar-refractivity contribution is 0.273. The van der Waals surface area contributed by atoms with Crippen molar-refractivity contribution >= 4 is 0 Å². The molecule has 0 saturated heterocycles. The first-order chi connectivity index (χ1) is 9.88. The van der Waals surface area contributed by atoms with Crippen molar-refractivity contribution in [3.8, 4) is 11.8 Å². The molecule has 0 fully saturated rings. The van der Waals surface area contributed by atoms with E-state index in [1.54, 1.807) is 6.07 Å². The molecule has 0 saturated carbocycles. The maximum atomic E-state index is 13.9. The Bertz CT molecular complexity index is 494. The lowest BCUT2D eigenvalue weighted by atomic mass is 9.90. The number of ether oxygens (including phenoxy) is 1. The Morgan fingerprint density at radius 2 is 2.14 bits per heavy atom. The minimum atomic E-state index is -0.359. The van der Waals surface area contributed by atoms with Gasteiger partial charge in [-0.1, -0.05) is 13.0 Å². The smallest absolute Gasteiger partial charge is 0.165 e. The summed E-state index contributed by atoms with van der Waals surface area (Å²) in [5.41, 5.74) is 6.39. The fraction of sp³-hybridized carbons (Fsp3) is 0.588. The Hall–Kier alpha value is -1.60. The number of halogens is 1. The van der Waals surface area contributed by atoms with Gasteiger partial charge in [0, 0.05) is 6.04 Å². The number of rotatable bonds is 8. The van der Waals surface area contributed by atoms with Gasteiger partial charge in [-0.25, -0.2) is 4.39 Å². The first kappa shape index (κ1) is 17.5. The molecule has 0 amide bonds. The second kappa shape index (κ2) is 7.99. The van der Waals surface area contributed by atoms with Gasteiger partial charge in [-0.2, -0.15) is 5.26 Å². The van der Waals surface area contributed by atoms with Crippen LogP contribution in [-0.4, -0.2) is 12.6 Å². The van der Waals surface area contributed by atoms with Crippen molar-refractivity contribution in [2.24, 2.45) is 11.1 Å². The van der Waals surface area contributed by atoms with Gasteiger partial charge in [0.15, 0.2) is 11.6 Å². The number of benzene rings is 1. The average molecular weight is 292 g/mol. The summed E-state index contributed by atoms with van der Waals surface area (Å²) in [5.74, 6) is -0.0890. The molecule has 21 heavy (non-hydrogen) atoms. The van der Waals surface area contributed by atoms with E-state index in [1.807, 2.05) is 26.8 Å². The minimum absolute atomic E-state index is 0.0596. The summed E-state index contributed by atoms with van der Waals surface area (Å²) < 4.78 is 19.4. The molecule has 116 valence electrons. The molecule has 4 heteroatoms. The van der Waals surface area contributed by atoms with Crippen LogP contribution in [0, 0.1) is 22.6 Å². The van der Waals surface area contributed by atoms with Crippen LogP contribution in [0.5, 0.6) is 5.75 Å². The second-order valence-corrected chi connectivity index (χ2v) is 6.08. The van der Waals surface area contributed by atoms with Crippen molar-refractivity contribution in [2.45, 2.75) is 52.5 Å². The summed E-state index contributed by atoms with van der Waals surface area (Å²) in [6.45, 7) is 6.20. The SMILES string of the molecule is CCC(N)Cc1ccc(OCCCC(C)(C)C#N)c(F)c1. The third-order valence-electron chi connectivity index (χ3n) is 3.52.